The third-order valence-corrected chi connectivity index (χ3v) is 10.8. The first-order valence-corrected chi connectivity index (χ1v) is 22.6. The van der Waals surface area contributed by atoms with Gasteiger partial charge in [-0.25, -0.2) is 9.78 Å². The minimum Gasteiger partial charge on any atom is -0.494 e. The van der Waals surface area contributed by atoms with E-state index in [2.05, 4.69) is 25.8 Å². The third kappa shape index (κ3) is 16.8. The van der Waals surface area contributed by atoms with Crippen LogP contribution in [0.5, 0.6) is 5.75 Å². The Balaban J connectivity index is 1.01. The molecule has 0 saturated carbocycles. The Hall–Kier alpha value is -5.58. The maximum atomic E-state index is 13.6. The highest BCUT2D eigenvalue weighted by Gasteiger charge is 2.41. The predicted molar refractivity (Wildman–Crippen MR) is 243 cm³/mol. The number of anilines is 1. The summed E-state index contributed by atoms with van der Waals surface area (Å²) in [6, 6.07) is 18.7. The average molecular weight is 886 g/mol. The molecule has 1 aliphatic rings. The molecule has 0 aliphatic carbocycles. The van der Waals surface area contributed by atoms with Crippen LogP contribution in [0.3, 0.4) is 0 Å². The number of nitrogens with one attached hydrogen (secondary N) is 3. The van der Waals surface area contributed by atoms with Gasteiger partial charge in [-0.05, 0) is 121 Å². The smallest absolute Gasteiger partial charge is 0.410 e. The standard InChI is InChI=1S/C48H67N7O9/c1-36(37-16-18-41(19-17-37)63-30-11-6-5-9-28-60-31-33-62-34-32-61-29-10-7-8-15-42(56)57)50-44(58)39-13-12-14-40(35-39)52-48(22-26-55(27-23-48)46(59)64-47(2,3)4)45-51-43(53-54-45)38-20-24-49-25-21-38/h12-14,16-21,24-25,35-36,52H,5-11,15,22-23,26-34H2,1-4H3,(H,50,58)(H,56,57)(H,51,53,54). The molecule has 4 N–H and O–H groups in total. The highest BCUT2D eigenvalue weighted by molar-refractivity contribution is 5.95. The number of nitrogens with zero attached hydrogens (tertiary/aromatic N) is 4. The third-order valence-electron chi connectivity index (χ3n) is 10.8. The molecular weight excluding hydrogens is 819 g/mol. The molecule has 348 valence electrons. The predicted octanol–water partition coefficient (Wildman–Crippen LogP) is 8.33. The number of aromatic amines is 1. The van der Waals surface area contributed by atoms with E-state index in [-0.39, 0.29) is 24.5 Å². The first-order valence-electron chi connectivity index (χ1n) is 22.6. The average Bonchev–Trinajstić information content (AvgIpc) is 3.79. The Morgan fingerprint density at radius 3 is 2.08 bits per heavy atom. The number of likely N-dealkylation sites (tertiary alicyclic amines) is 1. The fraction of sp³-hybridized carbons (Fsp3) is 0.542. The number of carboxylic acids is 1. The molecule has 16 nitrogen and oxygen atoms in total. The summed E-state index contributed by atoms with van der Waals surface area (Å²) in [5, 5.41) is 23.1. The van der Waals surface area contributed by atoms with Crippen molar-refractivity contribution in [3.8, 4) is 17.1 Å². The lowest BCUT2D eigenvalue weighted by Gasteiger charge is -2.41. The van der Waals surface area contributed by atoms with Crippen molar-refractivity contribution in [2.45, 2.75) is 109 Å². The van der Waals surface area contributed by atoms with Crippen molar-refractivity contribution in [3.05, 3.63) is 90.0 Å². The van der Waals surface area contributed by atoms with E-state index in [9.17, 15) is 14.4 Å². The van der Waals surface area contributed by atoms with E-state index in [1.807, 2.05) is 82.3 Å². The minimum atomic E-state index is -0.751. The Labute approximate surface area is 377 Å². The number of hydrogen-bond acceptors (Lipinski definition) is 12. The Morgan fingerprint density at radius 1 is 0.812 bits per heavy atom. The second-order valence-corrected chi connectivity index (χ2v) is 17.1. The van der Waals surface area contributed by atoms with E-state index < -0.39 is 17.1 Å². The quantitative estimate of drug-likeness (QED) is 0.0417. The molecule has 3 heterocycles. The van der Waals surface area contributed by atoms with E-state index in [1.165, 1.54) is 0 Å². The van der Waals surface area contributed by atoms with Gasteiger partial charge in [0.05, 0.1) is 39.1 Å². The van der Waals surface area contributed by atoms with Crippen LogP contribution in [0.15, 0.2) is 73.1 Å². The highest BCUT2D eigenvalue weighted by Crippen LogP contribution is 2.36. The van der Waals surface area contributed by atoms with E-state index in [0.29, 0.717) is 95.8 Å². The Kier molecular flexibility index (Phi) is 19.8. The Bertz CT molecular complexity index is 2000. The van der Waals surface area contributed by atoms with Crippen LogP contribution in [0.25, 0.3) is 11.4 Å². The van der Waals surface area contributed by atoms with Crippen molar-refractivity contribution in [2.24, 2.45) is 0 Å². The van der Waals surface area contributed by atoms with Gasteiger partial charge in [0.1, 0.15) is 16.9 Å². The number of unbranched alkanes of at least 4 members (excludes halogenated alkanes) is 5. The summed E-state index contributed by atoms with van der Waals surface area (Å²) in [7, 11) is 0. The van der Waals surface area contributed by atoms with Gasteiger partial charge in [-0.15, -0.1) is 0 Å². The summed E-state index contributed by atoms with van der Waals surface area (Å²) in [6.45, 7) is 12.5. The minimum absolute atomic E-state index is 0.204. The van der Waals surface area contributed by atoms with Crippen LogP contribution in [-0.2, 0) is 29.3 Å². The summed E-state index contributed by atoms with van der Waals surface area (Å²) in [5.74, 6) is 1.02. The largest absolute Gasteiger partial charge is 0.494 e. The lowest BCUT2D eigenvalue weighted by atomic mass is 9.86. The Morgan fingerprint density at radius 2 is 1.44 bits per heavy atom. The molecule has 5 rings (SSSR count). The van der Waals surface area contributed by atoms with Gasteiger partial charge in [-0.2, -0.15) is 5.10 Å². The number of carbonyl (C=O) groups excluding carboxylic acids is 2. The highest BCUT2D eigenvalue weighted by atomic mass is 16.6. The number of rotatable bonds is 27. The number of ether oxygens (including phenoxy) is 5. The van der Waals surface area contributed by atoms with Gasteiger partial charge in [-0.3, -0.25) is 19.7 Å². The number of amides is 2. The van der Waals surface area contributed by atoms with Gasteiger partial charge in [0.25, 0.3) is 5.91 Å². The molecule has 16 heteroatoms. The zero-order valence-corrected chi connectivity index (χ0v) is 37.9. The molecular formula is C48H67N7O9. The number of benzene rings is 2. The maximum Gasteiger partial charge on any atom is 0.410 e. The number of H-pyrrole nitrogens is 1. The van der Waals surface area contributed by atoms with Crippen LogP contribution >= 0.6 is 0 Å². The van der Waals surface area contributed by atoms with E-state index in [1.54, 1.807) is 23.4 Å². The van der Waals surface area contributed by atoms with Gasteiger partial charge in [-0.1, -0.05) is 31.0 Å². The zero-order chi connectivity index (χ0) is 45.6. The molecule has 1 fully saturated rings. The maximum absolute atomic E-state index is 13.6. The lowest BCUT2D eigenvalue weighted by Crippen LogP contribution is -2.50. The zero-order valence-electron chi connectivity index (χ0n) is 37.9. The van der Waals surface area contributed by atoms with E-state index >= 15 is 0 Å². The normalized spacial score (nSPS) is 14.2. The van der Waals surface area contributed by atoms with Crippen molar-refractivity contribution in [2.75, 3.05) is 64.7 Å². The molecule has 1 saturated heterocycles. The monoisotopic (exact) mass is 886 g/mol. The first-order chi connectivity index (χ1) is 30.9. The molecule has 64 heavy (non-hydrogen) atoms. The number of carboxylic acid groups (broad SMARTS) is 1. The number of carbonyl (C=O) groups is 3. The van der Waals surface area contributed by atoms with Crippen molar-refractivity contribution in [1.29, 1.82) is 0 Å². The van der Waals surface area contributed by atoms with Crippen molar-refractivity contribution in [3.63, 3.8) is 0 Å². The van der Waals surface area contributed by atoms with Crippen LogP contribution in [0.1, 0.15) is 120 Å². The van der Waals surface area contributed by atoms with Gasteiger partial charge in [0.15, 0.2) is 11.6 Å². The van der Waals surface area contributed by atoms with Crippen LogP contribution in [0.4, 0.5) is 10.5 Å². The molecule has 0 radical (unpaired) electrons. The number of hydrogen-bond donors (Lipinski definition) is 4. The summed E-state index contributed by atoms with van der Waals surface area (Å²) >= 11 is 0. The first kappa shape index (κ1) is 49.4. The van der Waals surface area contributed by atoms with Crippen molar-refractivity contribution in [1.82, 2.24) is 30.4 Å². The molecule has 0 spiro atoms. The van der Waals surface area contributed by atoms with Crippen LogP contribution < -0.4 is 15.4 Å². The van der Waals surface area contributed by atoms with Gasteiger partial charge in [0, 0.05) is 61.9 Å². The summed E-state index contributed by atoms with van der Waals surface area (Å²) in [6.07, 6.45) is 10.8. The lowest BCUT2D eigenvalue weighted by molar-refractivity contribution is -0.137. The second kappa shape index (κ2) is 25.6. The molecule has 2 aromatic heterocycles. The number of pyridine rings is 1. The molecule has 1 unspecified atom stereocenters. The summed E-state index contributed by atoms with van der Waals surface area (Å²) in [5.41, 5.74) is 1.73. The SMILES string of the molecule is CC(NC(=O)c1cccc(NC2(c3nc(-c4ccncc4)n[nH]3)CCN(C(=O)OC(C)(C)C)CC2)c1)c1ccc(OCCCCCCOCCOCCOCCCCCC(=O)O)cc1. The second-order valence-electron chi connectivity index (χ2n) is 17.1. The van der Waals surface area contributed by atoms with Gasteiger partial charge in [0.2, 0.25) is 0 Å². The fourth-order valence-electron chi connectivity index (χ4n) is 7.20. The van der Waals surface area contributed by atoms with Gasteiger partial charge < -0.3 is 44.3 Å². The molecule has 1 atom stereocenters. The summed E-state index contributed by atoms with van der Waals surface area (Å²) < 4.78 is 28.4. The number of piperidine rings is 1. The van der Waals surface area contributed by atoms with Crippen LogP contribution in [0.2, 0.25) is 0 Å². The topological polar surface area (TPSA) is 199 Å². The van der Waals surface area contributed by atoms with Gasteiger partial charge >= 0.3 is 12.1 Å². The summed E-state index contributed by atoms with van der Waals surface area (Å²) in [4.78, 5) is 47.8. The van der Waals surface area contributed by atoms with Crippen molar-refractivity contribution < 1.29 is 43.2 Å². The fourth-order valence-corrected chi connectivity index (χ4v) is 7.20. The molecule has 4 aromatic rings. The van der Waals surface area contributed by atoms with E-state index in [0.717, 1.165) is 61.1 Å². The molecule has 0 bridgehead atoms. The van der Waals surface area contributed by atoms with Crippen molar-refractivity contribution >= 4 is 23.7 Å². The van der Waals surface area contributed by atoms with Crippen LogP contribution in [-0.4, -0.2) is 113 Å². The number of aliphatic carboxylic acids is 1. The molecule has 1 aliphatic heterocycles. The van der Waals surface area contributed by atoms with E-state index in [4.69, 9.17) is 33.8 Å². The van der Waals surface area contributed by atoms with Crippen LogP contribution in [0, 0.1) is 0 Å². The molecule has 2 amide bonds. The molecule has 2 aromatic carbocycles. The number of aromatic nitrogens is 4.